The number of nitrogens with zero attached hydrogens (tertiary/aromatic N) is 2. The molecule has 2 fully saturated rings. The summed E-state index contributed by atoms with van der Waals surface area (Å²) in [5.41, 5.74) is 5.07. The van der Waals surface area contributed by atoms with Crippen molar-refractivity contribution in [3.8, 4) is 0 Å². The normalized spacial score (nSPS) is 18.6. The molecule has 2 saturated heterocycles. The van der Waals surface area contributed by atoms with Crippen molar-refractivity contribution < 1.29 is 19.3 Å². The van der Waals surface area contributed by atoms with Crippen LogP contribution >= 0.6 is 0 Å². The number of carbonyl (C=O) groups is 3. The summed E-state index contributed by atoms with van der Waals surface area (Å²) in [5.74, 6) is -0.866. The number of imide groups is 1. The minimum Gasteiger partial charge on any atom is -0.354 e. The molecule has 4 N–H and O–H groups in total. The predicted octanol–water partition coefficient (Wildman–Crippen LogP) is 4.74. The molecule has 3 heterocycles. The summed E-state index contributed by atoms with van der Waals surface area (Å²) in [5, 5.41) is 22.4. The van der Waals surface area contributed by atoms with Gasteiger partial charge in [-0.1, -0.05) is 42.8 Å². The zero-order chi connectivity index (χ0) is 29.9. The van der Waals surface area contributed by atoms with Crippen LogP contribution in [-0.4, -0.2) is 47.3 Å². The molecule has 0 radical (unpaired) electrons. The van der Waals surface area contributed by atoms with E-state index in [1.807, 2.05) is 12.1 Å². The van der Waals surface area contributed by atoms with Gasteiger partial charge in [-0.3, -0.25) is 25.0 Å². The van der Waals surface area contributed by atoms with E-state index >= 15 is 0 Å². The van der Waals surface area contributed by atoms with Crippen molar-refractivity contribution in [1.82, 2.24) is 15.5 Å². The Bertz CT molecular complexity index is 1670. The van der Waals surface area contributed by atoms with Gasteiger partial charge in [0.05, 0.1) is 16.2 Å². The highest BCUT2D eigenvalue weighted by Gasteiger charge is 2.30. The van der Waals surface area contributed by atoms with Gasteiger partial charge in [-0.15, -0.1) is 0 Å². The van der Waals surface area contributed by atoms with Crippen molar-refractivity contribution >= 4 is 52.3 Å². The first kappa shape index (κ1) is 27.9. The maximum atomic E-state index is 13.3. The van der Waals surface area contributed by atoms with E-state index in [0.29, 0.717) is 33.8 Å². The van der Waals surface area contributed by atoms with Crippen LogP contribution in [0.15, 0.2) is 72.4 Å². The molecule has 0 aliphatic carbocycles. The standard InChI is InChI=1S/C32H30N6O5/c39-30-27(35-32(41)36-30)18-21-6-10-23(11-7-21)33-29(28-25-19-24(38(42)43)12-13-26(25)34-31(28)40)22-8-4-20(5-9-22)14-17-37-15-2-1-3-16-37/h4-13,18-19,33H,1-3,14-17H2,(H,34,40)(H2,35,36,39,41)/b27-18+,29-28-. The summed E-state index contributed by atoms with van der Waals surface area (Å²) in [6.45, 7) is 3.27. The number of hydrogen-bond donors (Lipinski definition) is 4. The molecule has 0 saturated carbocycles. The van der Waals surface area contributed by atoms with Crippen LogP contribution in [0.2, 0.25) is 0 Å². The molecule has 0 aromatic heterocycles. The summed E-state index contributed by atoms with van der Waals surface area (Å²) >= 11 is 0. The smallest absolute Gasteiger partial charge is 0.326 e. The Morgan fingerprint density at radius 1 is 0.884 bits per heavy atom. The van der Waals surface area contributed by atoms with Gasteiger partial charge in [0.25, 0.3) is 17.5 Å². The number of hydrogen-bond acceptors (Lipinski definition) is 7. The summed E-state index contributed by atoms with van der Waals surface area (Å²) in [7, 11) is 0. The molecule has 0 unspecified atom stereocenters. The Hall–Kier alpha value is -5.29. The van der Waals surface area contributed by atoms with E-state index in [-0.39, 0.29) is 17.3 Å². The molecule has 3 aromatic rings. The fourth-order valence-electron chi connectivity index (χ4n) is 5.56. The second kappa shape index (κ2) is 11.9. The van der Waals surface area contributed by atoms with Gasteiger partial charge in [-0.2, -0.15) is 0 Å². The number of anilines is 2. The molecule has 0 atom stereocenters. The average Bonchev–Trinajstić information content (AvgIpc) is 3.51. The largest absolute Gasteiger partial charge is 0.354 e. The van der Waals surface area contributed by atoms with Crippen LogP contribution in [0.5, 0.6) is 0 Å². The minimum atomic E-state index is -0.571. The number of carbonyl (C=O) groups excluding carboxylic acids is 3. The monoisotopic (exact) mass is 578 g/mol. The number of fused-ring (bicyclic) bond motifs is 1. The highest BCUT2D eigenvalue weighted by molar-refractivity contribution is 6.37. The Kier molecular flexibility index (Phi) is 7.71. The van der Waals surface area contributed by atoms with Crippen molar-refractivity contribution in [2.24, 2.45) is 0 Å². The molecule has 3 aromatic carbocycles. The lowest BCUT2D eigenvalue weighted by atomic mass is 9.98. The molecular formula is C32H30N6O5. The summed E-state index contributed by atoms with van der Waals surface area (Å²) < 4.78 is 0. The van der Waals surface area contributed by atoms with Gasteiger partial charge < -0.3 is 20.9 Å². The fourth-order valence-corrected chi connectivity index (χ4v) is 5.56. The number of nitro benzene ring substituents is 1. The van der Waals surface area contributed by atoms with Gasteiger partial charge in [-0.05, 0) is 73.3 Å². The van der Waals surface area contributed by atoms with Gasteiger partial charge in [0.15, 0.2) is 0 Å². The molecule has 0 spiro atoms. The predicted molar refractivity (Wildman–Crippen MR) is 164 cm³/mol. The fraction of sp³-hybridized carbons (Fsp3) is 0.219. The van der Waals surface area contributed by atoms with Crippen LogP contribution in [0.4, 0.5) is 21.9 Å². The number of likely N-dealkylation sites (tertiary alicyclic amines) is 1. The van der Waals surface area contributed by atoms with E-state index in [2.05, 4.69) is 38.3 Å². The lowest BCUT2D eigenvalue weighted by Crippen LogP contribution is -2.31. The Morgan fingerprint density at radius 3 is 2.30 bits per heavy atom. The van der Waals surface area contributed by atoms with E-state index in [1.165, 1.54) is 37.0 Å². The van der Waals surface area contributed by atoms with Crippen molar-refractivity contribution in [2.75, 3.05) is 30.3 Å². The molecular weight excluding hydrogens is 548 g/mol. The average molecular weight is 579 g/mol. The van der Waals surface area contributed by atoms with Crippen LogP contribution in [0, 0.1) is 10.1 Å². The van der Waals surface area contributed by atoms with Gasteiger partial charge in [-0.25, -0.2) is 4.79 Å². The lowest BCUT2D eigenvalue weighted by Gasteiger charge is -2.26. The first-order chi connectivity index (χ1) is 20.8. The third kappa shape index (κ3) is 6.16. The Balaban J connectivity index is 1.32. The van der Waals surface area contributed by atoms with Gasteiger partial charge in [0, 0.05) is 35.6 Å². The van der Waals surface area contributed by atoms with Gasteiger partial charge >= 0.3 is 6.03 Å². The van der Waals surface area contributed by atoms with Crippen LogP contribution in [0.25, 0.3) is 17.3 Å². The zero-order valence-electron chi connectivity index (χ0n) is 23.3. The maximum Gasteiger partial charge on any atom is 0.326 e. The lowest BCUT2D eigenvalue weighted by molar-refractivity contribution is -0.384. The molecule has 3 aliphatic heterocycles. The van der Waals surface area contributed by atoms with Crippen molar-refractivity contribution in [1.29, 1.82) is 0 Å². The number of amides is 4. The number of non-ortho nitro benzene ring substituents is 1. The number of piperidine rings is 1. The highest BCUT2D eigenvalue weighted by atomic mass is 16.6. The Labute approximate surface area is 247 Å². The van der Waals surface area contributed by atoms with Crippen molar-refractivity contribution in [3.05, 3.63) is 105 Å². The molecule has 3 aliphatic rings. The summed E-state index contributed by atoms with van der Waals surface area (Å²) in [4.78, 5) is 50.2. The maximum absolute atomic E-state index is 13.3. The molecule has 0 bridgehead atoms. The molecule has 11 heteroatoms. The van der Waals surface area contributed by atoms with Crippen molar-refractivity contribution in [3.63, 3.8) is 0 Å². The second-order valence-electron chi connectivity index (χ2n) is 10.8. The topological polar surface area (TPSA) is 146 Å². The van der Waals surface area contributed by atoms with Crippen LogP contribution in [0.3, 0.4) is 0 Å². The van der Waals surface area contributed by atoms with E-state index in [9.17, 15) is 24.5 Å². The van der Waals surface area contributed by atoms with E-state index in [1.54, 1.807) is 36.4 Å². The molecule has 11 nitrogen and oxygen atoms in total. The molecule has 43 heavy (non-hydrogen) atoms. The van der Waals surface area contributed by atoms with Crippen molar-refractivity contribution in [2.45, 2.75) is 25.7 Å². The first-order valence-electron chi connectivity index (χ1n) is 14.2. The quantitative estimate of drug-likeness (QED) is 0.131. The first-order valence-corrected chi connectivity index (χ1v) is 14.2. The third-order valence-corrected chi connectivity index (χ3v) is 7.83. The van der Waals surface area contributed by atoms with Crippen LogP contribution in [0.1, 0.15) is 41.5 Å². The highest BCUT2D eigenvalue weighted by Crippen LogP contribution is 2.39. The van der Waals surface area contributed by atoms with Gasteiger partial charge in [0.2, 0.25) is 0 Å². The SMILES string of the molecule is O=C1NC(=O)/C(=C\c2ccc(N/C(=C3\C(=O)Nc4ccc([N+](=O)[O-])cc43)c3ccc(CCN4CCCCC4)cc3)cc2)N1. The van der Waals surface area contributed by atoms with E-state index in [0.717, 1.165) is 31.6 Å². The summed E-state index contributed by atoms with van der Waals surface area (Å²) in [6.07, 6.45) is 6.27. The van der Waals surface area contributed by atoms with Gasteiger partial charge in [0.1, 0.15) is 5.70 Å². The van der Waals surface area contributed by atoms with E-state index in [4.69, 9.17) is 0 Å². The number of rotatable bonds is 8. The number of benzene rings is 3. The molecule has 4 amide bonds. The zero-order valence-corrected chi connectivity index (χ0v) is 23.3. The third-order valence-electron chi connectivity index (χ3n) is 7.83. The van der Waals surface area contributed by atoms with Crippen LogP contribution < -0.4 is 21.3 Å². The number of nitro groups is 1. The number of nitrogens with one attached hydrogen (secondary N) is 4. The molecule has 6 rings (SSSR count). The summed E-state index contributed by atoms with van der Waals surface area (Å²) in [6, 6.07) is 18.9. The molecule has 218 valence electrons. The second-order valence-corrected chi connectivity index (χ2v) is 10.8. The van der Waals surface area contributed by atoms with Crippen LogP contribution in [-0.2, 0) is 16.0 Å². The van der Waals surface area contributed by atoms with E-state index < -0.39 is 16.9 Å². The Morgan fingerprint density at radius 2 is 1.63 bits per heavy atom. The number of urea groups is 1. The minimum absolute atomic E-state index is 0.111.